The summed E-state index contributed by atoms with van der Waals surface area (Å²) in [4.78, 5) is 23.4. The predicted octanol–water partition coefficient (Wildman–Crippen LogP) is 0.715. The number of likely N-dealkylation sites (N-methyl/N-ethyl adjacent to an activating group) is 1. The Labute approximate surface area is 177 Å². The van der Waals surface area contributed by atoms with E-state index in [2.05, 4.69) is 5.32 Å². The van der Waals surface area contributed by atoms with E-state index in [9.17, 15) is 9.59 Å². The second kappa shape index (κ2) is 19.1. The standard InChI is InChI=1S/C21H33NO8/c1-22-7-8-25-9-10-26-11-12-27-13-14-28-15-16-29-17-18-30-21(24)20(23)19-5-3-2-4-6-19/h2-6,22H,7-18H2,1H3. The number of ether oxygens (including phenoxy) is 6. The topological polar surface area (TPSA) is 102 Å². The van der Waals surface area contributed by atoms with E-state index in [1.54, 1.807) is 30.3 Å². The fourth-order valence-corrected chi connectivity index (χ4v) is 2.12. The van der Waals surface area contributed by atoms with Gasteiger partial charge in [0.2, 0.25) is 0 Å². The highest BCUT2D eigenvalue weighted by Crippen LogP contribution is 2.01. The molecule has 1 aromatic rings. The highest BCUT2D eigenvalue weighted by Gasteiger charge is 2.16. The van der Waals surface area contributed by atoms with E-state index >= 15 is 0 Å². The van der Waals surface area contributed by atoms with Crippen molar-refractivity contribution in [3.05, 3.63) is 35.9 Å². The highest BCUT2D eigenvalue weighted by molar-refractivity contribution is 6.40. The van der Waals surface area contributed by atoms with Crippen molar-refractivity contribution in [2.24, 2.45) is 0 Å². The second-order valence-electron chi connectivity index (χ2n) is 6.00. The Morgan fingerprint density at radius 3 is 1.57 bits per heavy atom. The molecule has 0 aromatic heterocycles. The normalized spacial score (nSPS) is 10.8. The molecule has 0 fully saturated rings. The van der Waals surface area contributed by atoms with E-state index in [0.717, 1.165) is 6.54 Å². The lowest BCUT2D eigenvalue weighted by atomic mass is 10.1. The van der Waals surface area contributed by atoms with Crippen molar-refractivity contribution < 1.29 is 38.0 Å². The summed E-state index contributed by atoms with van der Waals surface area (Å²) in [5.41, 5.74) is 0.305. The number of ketones is 1. The number of carbonyl (C=O) groups is 2. The third-order valence-corrected chi connectivity index (χ3v) is 3.67. The minimum atomic E-state index is -0.886. The third-order valence-electron chi connectivity index (χ3n) is 3.67. The van der Waals surface area contributed by atoms with Crippen LogP contribution in [0, 0.1) is 0 Å². The van der Waals surface area contributed by atoms with Gasteiger partial charge in [0.1, 0.15) is 6.61 Å². The zero-order chi connectivity index (χ0) is 21.7. The first kappa shape index (κ1) is 26.2. The average molecular weight is 427 g/mol. The number of hydrogen-bond donors (Lipinski definition) is 1. The molecule has 1 aromatic carbocycles. The molecular weight excluding hydrogens is 394 g/mol. The third kappa shape index (κ3) is 14.2. The first-order valence-corrected chi connectivity index (χ1v) is 10.1. The maximum absolute atomic E-state index is 11.8. The Bertz CT molecular complexity index is 555. The molecule has 0 amide bonds. The van der Waals surface area contributed by atoms with Gasteiger partial charge >= 0.3 is 5.97 Å². The van der Waals surface area contributed by atoms with Crippen LogP contribution in [0.1, 0.15) is 10.4 Å². The van der Waals surface area contributed by atoms with Crippen molar-refractivity contribution in [2.45, 2.75) is 0 Å². The molecule has 170 valence electrons. The smallest absolute Gasteiger partial charge is 0.379 e. The fraction of sp³-hybridized carbons (Fsp3) is 0.619. The highest BCUT2D eigenvalue weighted by atomic mass is 16.6. The lowest BCUT2D eigenvalue weighted by molar-refractivity contribution is -0.139. The summed E-state index contributed by atoms with van der Waals surface area (Å²) in [5, 5.41) is 3.00. The number of nitrogens with one attached hydrogen (secondary N) is 1. The van der Waals surface area contributed by atoms with Crippen LogP contribution in [0.4, 0.5) is 0 Å². The van der Waals surface area contributed by atoms with E-state index in [1.165, 1.54) is 0 Å². The first-order valence-electron chi connectivity index (χ1n) is 10.1. The Morgan fingerprint density at radius 1 is 0.667 bits per heavy atom. The second-order valence-corrected chi connectivity index (χ2v) is 6.00. The van der Waals surface area contributed by atoms with Crippen LogP contribution in [-0.2, 0) is 33.2 Å². The van der Waals surface area contributed by atoms with Gasteiger partial charge in [-0.1, -0.05) is 30.3 Å². The van der Waals surface area contributed by atoms with Crippen LogP contribution >= 0.6 is 0 Å². The molecule has 30 heavy (non-hydrogen) atoms. The van der Waals surface area contributed by atoms with E-state index in [0.29, 0.717) is 65.0 Å². The van der Waals surface area contributed by atoms with Crippen molar-refractivity contribution in [3.63, 3.8) is 0 Å². The van der Waals surface area contributed by atoms with Gasteiger partial charge in [-0.2, -0.15) is 0 Å². The van der Waals surface area contributed by atoms with Gasteiger partial charge in [-0.15, -0.1) is 0 Å². The van der Waals surface area contributed by atoms with Crippen LogP contribution in [0.15, 0.2) is 30.3 Å². The minimum Gasteiger partial charge on any atom is -0.457 e. The molecule has 0 bridgehead atoms. The van der Waals surface area contributed by atoms with Crippen LogP contribution in [0.3, 0.4) is 0 Å². The van der Waals surface area contributed by atoms with Crippen LogP contribution in [-0.4, -0.2) is 98.0 Å². The SMILES string of the molecule is CNCCOCCOCCOCCOCCOCCOC(=O)C(=O)c1ccccc1. The Morgan fingerprint density at radius 2 is 1.10 bits per heavy atom. The summed E-state index contributed by atoms with van der Waals surface area (Å²) in [6.07, 6.45) is 0. The quantitative estimate of drug-likeness (QED) is 0.140. The molecule has 0 aliphatic rings. The molecule has 0 spiro atoms. The van der Waals surface area contributed by atoms with Crippen molar-refractivity contribution in [1.82, 2.24) is 5.32 Å². The molecule has 1 rings (SSSR count). The van der Waals surface area contributed by atoms with Crippen LogP contribution in [0.2, 0.25) is 0 Å². The van der Waals surface area contributed by atoms with Gasteiger partial charge in [-0.05, 0) is 7.05 Å². The molecule has 1 N–H and O–H groups in total. The molecule has 0 saturated carbocycles. The monoisotopic (exact) mass is 427 g/mol. The summed E-state index contributed by atoms with van der Waals surface area (Å²) in [6, 6.07) is 8.27. The summed E-state index contributed by atoms with van der Waals surface area (Å²) in [7, 11) is 1.88. The molecule has 0 aliphatic heterocycles. The van der Waals surface area contributed by atoms with Crippen LogP contribution in [0.25, 0.3) is 0 Å². The fourth-order valence-electron chi connectivity index (χ4n) is 2.12. The van der Waals surface area contributed by atoms with E-state index in [-0.39, 0.29) is 13.2 Å². The molecule has 0 aliphatic carbocycles. The molecule has 9 heteroatoms. The van der Waals surface area contributed by atoms with Gasteiger partial charge in [-0.25, -0.2) is 4.79 Å². The summed E-state index contributed by atoms with van der Waals surface area (Å²) < 4.78 is 31.6. The molecule has 9 nitrogen and oxygen atoms in total. The molecule has 0 radical (unpaired) electrons. The van der Waals surface area contributed by atoms with Gasteiger partial charge in [0.15, 0.2) is 0 Å². The number of esters is 1. The average Bonchev–Trinajstić information content (AvgIpc) is 2.78. The molecule has 0 heterocycles. The van der Waals surface area contributed by atoms with Crippen molar-refractivity contribution in [1.29, 1.82) is 0 Å². The first-order chi connectivity index (χ1) is 14.8. The number of hydrogen-bond acceptors (Lipinski definition) is 9. The van der Waals surface area contributed by atoms with Crippen LogP contribution in [0.5, 0.6) is 0 Å². The minimum absolute atomic E-state index is 0.0149. The number of rotatable bonds is 20. The number of carbonyl (C=O) groups excluding carboxylic acids is 2. The Balaban J connectivity index is 1.79. The van der Waals surface area contributed by atoms with Gasteiger partial charge in [-0.3, -0.25) is 4.79 Å². The van der Waals surface area contributed by atoms with E-state index in [4.69, 9.17) is 28.4 Å². The largest absolute Gasteiger partial charge is 0.457 e. The molecule has 0 saturated heterocycles. The predicted molar refractivity (Wildman–Crippen MR) is 110 cm³/mol. The van der Waals surface area contributed by atoms with E-state index in [1.807, 2.05) is 7.05 Å². The summed E-state index contributed by atoms with van der Waals surface area (Å²) in [6.45, 7) is 5.57. The van der Waals surface area contributed by atoms with Crippen molar-refractivity contribution in [3.8, 4) is 0 Å². The number of Topliss-reactive ketones (excluding diaryl/α,β-unsaturated/α-hetero) is 1. The maximum Gasteiger partial charge on any atom is 0.379 e. The van der Waals surface area contributed by atoms with Crippen LogP contribution < -0.4 is 5.32 Å². The molecule has 0 unspecified atom stereocenters. The lowest BCUT2D eigenvalue weighted by Crippen LogP contribution is -2.20. The lowest BCUT2D eigenvalue weighted by Gasteiger charge is -2.08. The zero-order valence-corrected chi connectivity index (χ0v) is 17.6. The van der Waals surface area contributed by atoms with Gasteiger partial charge in [0.25, 0.3) is 5.78 Å². The molecule has 0 atom stereocenters. The maximum atomic E-state index is 11.8. The van der Waals surface area contributed by atoms with Gasteiger partial charge in [0, 0.05) is 12.1 Å². The van der Waals surface area contributed by atoms with E-state index < -0.39 is 11.8 Å². The summed E-state index contributed by atoms with van der Waals surface area (Å²) in [5.74, 6) is -1.55. The van der Waals surface area contributed by atoms with Gasteiger partial charge < -0.3 is 33.7 Å². The zero-order valence-electron chi connectivity index (χ0n) is 17.6. The van der Waals surface area contributed by atoms with Gasteiger partial charge in [0.05, 0.1) is 66.1 Å². The van der Waals surface area contributed by atoms with Crippen molar-refractivity contribution >= 4 is 11.8 Å². The Kier molecular flexibility index (Phi) is 16.7. The Hall–Kier alpha value is -1.88. The summed E-state index contributed by atoms with van der Waals surface area (Å²) >= 11 is 0. The van der Waals surface area contributed by atoms with Crippen molar-refractivity contribution in [2.75, 3.05) is 86.3 Å². The number of benzene rings is 1. The molecular formula is C21H33NO8.